The Hall–Kier alpha value is -0.560. The number of halogens is 3. The van der Waals surface area contributed by atoms with Gasteiger partial charge in [-0.2, -0.15) is 13.2 Å². The van der Waals surface area contributed by atoms with Crippen LogP contribution in [0.4, 0.5) is 13.2 Å². The molecule has 0 amide bonds. The molecule has 0 aliphatic carbocycles. The highest BCUT2D eigenvalue weighted by molar-refractivity contribution is 7.75. The Kier molecular flexibility index (Phi) is 3.53. The maximum absolute atomic E-state index is 11.6. The van der Waals surface area contributed by atoms with E-state index >= 15 is 0 Å². The average molecular weight is 190 g/mol. The van der Waals surface area contributed by atoms with Crippen molar-refractivity contribution in [1.29, 1.82) is 0 Å². The summed E-state index contributed by atoms with van der Waals surface area (Å²) in [5, 5.41) is 8.02. The predicted octanol–water partition coefficient (Wildman–Crippen LogP) is 0.0363. The number of aliphatic hydroxyl groups excluding tert-OH is 1. The first-order chi connectivity index (χ1) is 4.88. The zero-order valence-corrected chi connectivity index (χ0v) is 6.02. The molecule has 0 unspecified atom stereocenters. The molecule has 0 aromatic heterocycles. The van der Waals surface area contributed by atoms with Gasteiger partial charge in [-0.25, -0.2) is 8.42 Å². The molecule has 11 heavy (non-hydrogen) atoms. The zero-order valence-electron chi connectivity index (χ0n) is 5.13. The number of rotatable bonds is 2. The van der Waals surface area contributed by atoms with Gasteiger partial charge in [0.25, 0.3) is 0 Å². The minimum absolute atomic E-state index is 0.0324. The predicted molar refractivity (Wildman–Crippen MR) is 31.5 cm³/mol. The van der Waals surface area contributed by atoms with E-state index in [1.807, 2.05) is 0 Å². The van der Waals surface area contributed by atoms with Crippen molar-refractivity contribution in [3.8, 4) is 0 Å². The van der Waals surface area contributed by atoms with Crippen molar-refractivity contribution >= 4 is 10.7 Å². The molecule has 0 rings (SSSR count). The molecule has 0 radical (unpaired) electrons. The summed E-state index contributed by atoms with van der Waals surface area (Å²) in [5.41, 5.74) is -1.46. The van der Waals surface area contributed by atoms with Gasteiger partial charge in [0.15, 0.2) is 10.7 Å². The molecule has 0 atom stereocenters. The van der Waals surface area contributed by atoms with Gasteiger partial charge < -0.3 is 5.11 Å². The summed E-state index contributed by atoms with van der Waals surface area (Å²) < 4.78 is 54.3. The highest BCUT2D eigenvalue weighted by atomic mass is 32.2. The lowest BCUT2D eigenvalue weighted by Crippen LogP contribution is -2.15. The lowest BCUT2D eigenvalue weighted by atomic mass is 10.3. The van der Waals surface area contributed by atoms with Crippen LogP contribution in [-0.4, -0.2) is 26.3 Å². The molecule has 7 heteroatoms. The molecule has 0 aliphatic heterocycles. The van der Waals surface area contributed by atoms with Crippen LogP contribution in [0, 0.1) is 0 Å². The fourth-order valence-corrected chi connectivity index (χ4v) is 0.813. The normalized spacial score (nSPS) is 14.1. The van der Waals surface area contributed by atoms with Crippen molar-refractivity contribution in [1.82, 2.24) is 0 Å². The lowest BCUT2D eigenvalue weighted by Gasteiger charge is -2.05. The molecule has 0 aromatic rings. The zero-order chi connectivity index (χ0) is 9.07. The molecule has 0 heterocycles. The van der Waals surface area contributed by atoms with E-state index < -0.39 is 29.1 Å². The number of thiol groups is 1. The summed E-state index contributed by atoms with van der Waals surface area (Å²) >= 11 is 0. The van der Waals surface area contributed by atoms with Gasteiger partial charge in [0, 0.05) is 5.41 Å². The maximum atomic E-state index is 11.6. The Bertz CT molecular complexity index is 219. The second kappa shape index (κ2) is 3.72. The first-order valence-corrected chi connectivity index (χ1v) is 3.65. The number of aliphatic hydroxyl groups is 1. The first kappa shape index (κ1) is 10.4. The third kappa shape index (κ3) is 3.99. The van der Waals surface area contributed by atoms with Crippen LogP contribution in [0.3, 0.4) is 0 Å². The highest BCUT2D eigenvalue weighted by Crippen LogP contribution is 2.24. The molecular formula is C4H5F3O3S. The third-order valence-electron chi connectivity index (χ3n) is 0.796. The van der Waals surface area contributed by atoms with E-state index in [-0.39, 0.29) is 5.41 Å². The molecule has 66 valence electrons. The Labute approximate surface area is 62.1 Å². The second-order valence-corrected chi connectivity index (χ2v) is 2.42. The minimum Gasteiger partial charge on any atom is -0.392 e. The molecule has 0 aromatic carbocycles. The molecular weight excluding hydrogens is 185 g/mol. The van der Waals surface area contributed by atoms with Gasteiger partial charge in [-0.15, -0.1) is 0 Å². The Morgan fingerprint density at radius 2 is 1.91 bits per heavy atom. The molecule has 0 spiro atoms. The lowest BCUT2D eigenvalue weighted by molar-refractivity contribution is -0.0973. The number of hydrogen-bond donors (Lipinski definition) is 2. The van der Waals surface area contributed by atoms with Crippen LogP contribution in [0.5, 0.6) is 0 Å². The quantitative estimate of drug-likeness (QED) is 0.604. The van der Waals surface area contributed by atoms with Crippen molar-refractivity contribution in [2.45, 2.75) is 6.18 Å². The van der Waals surface area contributed by atoms with Crippen LogP contribution < -0.4 is 0 Å². The van der Waals surface area contributed by atoms with Gasteiger partial charge in [-0.1, -0.05) is 0 Å². The molecule has 3 nitrogen and oxygen atoms in total. The van der Waals surface area contributed by atoms with Crippen molar-refractivity contribution in [3.63, 3.8) is 0 Å². The molecule has 0 aliphatic rings. The SMILES string of the molecule is O=[SH](=O)/C=C(\CO)C(F)(F)F. The average Bonchev–Trinajstić information content (AvgIpc) is 1.79. The van der Waals surface area contributed by atoms with Gasteiger partial charge in [-0.3, -0.25) is 0 Å². The van der Waals surface area contributed by atoms with Crippen LogP contribution in [0.15, 0.2) is 11.0 Å². The van der Waals surface area contributed by atoms with E-state index in [9.17, 15) is 21.6 Å². The van der Waals surface area contributed by atoms with Crippen LogP contribution in [0.1, 0.15) is 0 Å². The molecule has 0 saturated heterocycles. The topological polar surface area (TPSA) is 54.4 Å². The second-order valence-electron chi connectivity index (χ2n) is 1.60. The third-order valence-corrected chi connectivity index (χ3v) is 1.32. The van der Waals surface area contributed by atoms with E-state index in [1.165, 1.54) is 0 Å². The van der Waals surface area contributed by atoms with Crippen LogP contribution in [0.25, 0.3) is 0 Å². The summed E-state index contributed by atoms with van der Waals surface area (Å²) in [4.78, 5) is 0. The minimum atomic E-state index is -4.77. The summed E-state index contributed by atoms with van der Waals surface area (Å²) in [7, 11) is -3.25. The van der Waals surface area contributed by atoms with Crippen molar-refractivity contribution < 1.29 is 26.7 Å². The van der Waals surface area contributed by atoms with E-state index in [1.54, 1.807) is 0 Å². The van der Waals surface area contributed by atoms with E-state index in [0.29, 0.717) is 0 Å². The van der Waals surface area contributed by atoms with Crippen LogP contribution in [0.2, 0.25) is 0 Å². The van der Waals surface area contributed by atoms with E-state index in [0.717, 1.165) is 0 Å². The fourth-order valence-electron chi connectivity index (χ4n) is 0.331. The Morgan fingerprint density at radius 1 is 1.45 bits per heavy atom. The first-order valence-electron chi connectivity index (χ1n) is 2.40. The largest absolute Gasteiger partial charge is 0.415 e. The van der Waals surface area contributed by atoms with Crippen LogP contribution in [-0.2, 0) is 10.7 Å². The molecule has 0 fully saturated rings. The number of alkyl halides is 3. The Morgan fingerprint density at radius 3 is 2.00 bits per heavy atom. The van der Waals surface area contributed by atoms with Gasteiger partial charge in [0.1, 0.15) is 0 Å². The molecule has 1 N–H and O–H groups in total. The Balaban J connectivity index is 4.68. The monoisotopic (exact) mass is 190 g/mol. The standard InChI is InChI=1S/C4H5F3O3S/c5-4(6,7)3(1-8)2-11(9)10/h2,8,11H,1H2/b3-2+. The van der Waals surface area contributed by atoms with Crippen molar-refractivity contribution in [3.05, 3.63) is 11.0 Å². The molecule has 0 saturated carbocycles. The summed E-state index contributed by atoms with van der Waals surface area (Å²) in [6.45, 7) is -1.33. The van der Waals surface area contributed by atoms with Gasteiger partial charge in [-0.05, 0) is 0 Å². The van der Waals surface area contributed by atoms with Gasteiger partial charge in [0.05, 0.1) is 12.2 Å². The number of hydrogen-bond acceptors (Lipinski definition) is 3. The van der Waals surface area contributed by atoms with Crippen LogP contribution >= 0.6 is 0 Å². The van der Waals surface area contributed by atoms with Crippen molar-refractivity contribution in [2.75, 3.05) is 6.61 Å². The highest BCUT2D eigenvalue weighted by Gasteiger charge is 2.32. The smallest absolute Gasteiger partial charge is 0.392 e. The van der Waals surface area contributed by atoms with E-state index in [2.05, 4.69) is 0 Å². The maximum Gasteiger partial charge on any atom is 0.415 e. The fraction of sp³-hybridized carbons (Fsp3) is 0.500. The summed E-state index contributed by atoms with van der Waals surface area (Å²) in [6.07, 6.45) is -4.77. The van der Waals surface area contributed by atoms with Gasteiger partial charge in [0.2, 0.25) is 0 Å². The van der Waals surface area contributed by atoms with Crippen molar-refractivity contribution in [2.24, 2.45) is 0 Å². The van der Waals surface area contributed by atoms with Gasteiger partial charge >= 0.3 is 6.18 Å². The van der Waals surface area contributed by atoms with E-state index in [4.69, 9.17) is 5.11 Å². The summed E-state index contributed by atoms with van der Waals surface area (Å²) in [5.74, 6) is 0. The molecule has 0 bridgehead atoms. The summed E-state index contributed by atoms with van der Waals surface area (Å²) in [6, 6.07) is 0.